The Morgan fingerprint density at radius 3 is 2.50 bits per heavy atom. The van der Waals surface area contributed by atoms with Crippen LogP contribution in [0.5, 0.6) is 0 Å². The van der Waals surface area contributed by atoms with Crippen molar-refractivity contribution in [2.24, 2.45) is 0 Å². The molecule has 4 rings (SSSR count). The molecule has 0 spiro atoms. The van der Waals surface area contributed by atoms with Gasteiger partial charge in [-0.25, -0.2) is 8.78 Å². The number of nitrogens with one attached hydrogen (secondary N) is 1. The van der Waals surface area contributed by atoms with E-state index in [0.29, 0.717) is 35.7 Å². The zero-order chi connectivity index (χ0) is 22.6. The third kappa shape index (κ3) is 5.02. The maximum Gasteiger partial charge on any atom is 0.131 e. The van der Waals surface area contributed by atoms with Gasteiger partial charge in [0.2, 0.25) is 0 Å². The number of hydrogen-bond acceptors (Lipinski definition) is 3. The van der Waals surface area contributed by atoms with Crippen molar-refractivity contribution in [2.45, 2.75) is 38.3 Å². The van der Waals surface area contributed by atoms with Gasteiger partial charge >= 0.3 is 0 Å². The van der Waals surface area contributed by atoms with Crippen molar-refractivity contribution in [1.29, 1.82) is 0 Å². The van der Waals surface area contributed by atoms with Gasteiger partial charge in [0.25, 0.3) is 0 Å². The van der Waals surface area contributed by atoms with E-state index in [9.17, 15) is 8.78 Å². The predicted molar refractivity (Wildman–Crippen MR) is 122 cm³/mol. The molecule has 6 heteroatoms. The Balaban J connectivity index is 1.62. The largest absolute Gasteiger partial charge is 0.369 e. The summed E-state index contributed by atoms with van der Waals surface area (Å²) in [5.41, 5.74) is 1.98. The zero-order valence-electron chi connectivity index (χ0n) is 17.9. The maximum absolute atomic E-state index is 14.3. The summed E-state index contributed by atoms with van der Waals surface area (Å²) in [6.07, 6.45) is 0.294. The van der Waals surface area contributed by atoms with Gasteiger partial charge in [-0.15, -0.1) is 0 Å². The molecule has 3 aromatic carbocycles. The molecule has 0 bridgehead atoms. The van der Waals surface area contributed by atoms with Crippen LogP contribution < -0.4 is 5.32 Å². The van der Waals surface area contributed by atoms with Gasteiger partial charge in [0.1, 0.15) is 23.3 Å². The molecule has 2 atom stereocenters. The van der Waals surface area contributed by atoms with Crippen LogP contribution >= 0.6 is 11.6 Å². The number of ether oxygens (including phenoxy) is 2. The fourth-order valence-corrected chi connectivity index (χ4v) is 4.27. The van der Waals surface area contributed by atoms with Crippen molar-refractivity contribution in [1.82, 2.24) is 5.32 Å². The Bertz CT molecular complexity index is 1050. The van der Waals surface area contributed by atoms with Crippen molar-refractivity contribution < 1.29 is 18.3 Å². The van der Waals surface area contributed by atoms with Crippen LogP contribution in [0.4, 0.5) is 8.78 Å². The minimum absolute atomic E-state index is 0.0172. The lowest BCUT2D eigenvalue weighted by molar-refractivity contribution is -0.176. The van der Waals surface area contributed by atoms with Gasteiger partial charge in [-0.05, 0) is 54.8 Å². The van der Waals surface area contributed by atoms with Gasteiger partial charge in [0.05, 0.1) is 13.2 Å². The van der Waals surface area contributed by atoms with Crippen molar-refractivity contribution in [3.8, 4) is 0 Å². The van der Waals surface area contributed by atoms with E-state index in [4.69, 9.17) is 21.1 Å². The highest BCUT2D eigenvalue weighted by atomic mass is 35.5. The first-order valence-corrected chi connectivity index (χ1v) is 11.1. The molecule has 0 amide bonds. The molecule has 1 fully saturated rings. The van der Waals surface area contributed by atoms with E-state index in [0.717, 1.165) is 23.7 Å². The molecule has 0 aromatic heterocycles. The Kier molecular flexibility index (Phi) is 7.21. The molecule has 0 saturated carbocycles. The Hall–Kier alpha value is -2.31. The van der Waals surface area contributed by atoms with E-state index in [1.54, 1.807) is 6.92 Å². The third-order valence-corrected chi connectivity index (χ3v) is 6.21. The number of aryl methyl sites for hydroxylation is 1. The first-order valence-electron chi connectivity index (χ1n) is 10.7. The molecular weight excluding hydrogens is 432 g/mol. The lowest BCUT2D eigenvalue weighted by Gasteiger charge is -2.44. The van der Waals surface area contributed by atoms with Gasteiger partial charge in [0.15, 0.2) is 0 Å². The molecular formula is C26H26ClF2NO2. The van der Waals surface area contributed by atoms with Crippen LogP contribution in [0.15, 0.2) is 66.7 Å². The topological polar surface area (TPSA) is 30.5 Å². The molecule has 1 aliphatic heterocycles. The average molecular weight is 458 g/mol. The quantitative estimate of drug-likeness (QED) is 0.478. The smallest absolute Gasteiger partial charge is 0.131 e. The minimum Gasteiger partial charge on any atom is -0.369 e. The van der Waals surface area contributed by atoms with Crippen LogP contribution in [0, 0.1) is 18.6 Å². The van der Waals surface area contributed by atoms with Crippen LogP contribution in [0.1, 0.15) is 28.7 Å². The van der Waals surface area contributed by atoms with Crippen LogP contribution in [0.3, 0.4) is 0 Å². The van der Waals surface area contributed by atoms with Gasteiger partial charge in [-0.2, -0.15) is 0 Å². The summed E-state index contributed by atoms with van der Waals surface area (Å²) < 4.78 is 40.8. The fraction of sp³-hybridized carbons (Fsp3) is 0.308. The number of piperidine rings is 1. The molecule has 0 radical (unpaired) electrons. The van der Waals surface area contributed by atoms with E-state index in [-0.39, 0.29) is 12.7 Å². The standard InChI is InChI=1S/C26H26ClF2NO2/c1-18-13-20(24(29)14-23(18)28)17-31-25-15-30-12-11-26(25,21-7-9-22(27)10-8-21)32-16-19-5-3-2-4-6-19/h2-10,13-14,25,30H,11-12,15-17H2,1H3. The first-order chi connectivity index (χ1) is 15.5. The second kappa shape index (κ2) is 10.1. The van der Waals surface area contributed by atoms with Crippen LogP contribution in [0.2, 0.25) is 5.02 Å². The number of benzene rings is 3. The van der Waals surface area contributed by atoms with Crippen molar-refractivity contribution in [3.63, 3.8) is 0 Å². The van der Waals surface area contributed by atoms with Crippen LogP contribution in [-0.2, 0) is 28.3 Å². The second-order valence-electron chi connectivity index (χ2n) is 8.12. The Labute approximate surface area is 192 Å². The number of rotatable bonds is 7. The van der Waals surface area contributed by atoms with E-state index >= 15 is 0 Å². The monoisotopic (exact) mass is 457 g/mol. The second-order valence-corrected chi connectivity index (χ2v) is 8.55. The van der Waals surface area contributed by atoms with E-state index in [1.165, 1.54) is 6.07 Å². The van der Waals surface area contributed by atoms with Gasteiger partial charge in [0, 0.05) is 23.2 Å². The van der Waals surface area contributed by atoms with Crippen molar-refractivity contribution >= 4 is 11.6 Å². The maximum atomic E-state index is 14.3. The first kappa shape index (κ1) is 22.9. The summed E-state index contributed by atoms with van der Waals surface area (Å²) in [6, 6.07) is 19.9. The predicted octanol–water partition coefficient (Wildman–Crippen LogP) is 5.92. The zero-order valence-corrected chi connectivity index (χ0v) is 18.7. The SMILES string of the molecule is Cc1cc(COC2CNCCC2(OCc2ccccc2)c2ccc(Cl)cc2)c(F)cc1F. The molecule has 0 aliphatic carbocycles. The number of halogens is 3. The summed E-state index contributed by atoms with van der Waals surface area (Å²) in [5.74, 6) is -1.17. The lowest BCUT2D eigenvalue weighted by atomic mass is 9.82. The van der Waals surface area contributed by atoms with Crippen molar-refractivity contribution in [2.75, 3.05) is 13.1 Å². The molecule has 1 saturated heterocycles. The molecule has 3 aromatic rings. The van der Waals surface area contributed by atoms with Crippen LogP contribution in [0.25, 0.3) is 0 Å². The van der Waals surface area contributed by atoms with Gasteiger partial charge < -0.3 is 14.8 Å². The highest BCUT2D eigenvalue weighted by Gasteiger charge is 2.44. The lowest BCUT2D eigenvalue weighted by Crippen LogP contribution is -2.54. The average Bonchev–Trinajstić information content (AvgIpc) is 2.81. The summed E-state index contributed by atoms with van der Waals surface area (Å²) in [7, 11) is 0. The fourth-order valence-electron chi connectivity index (χ4n) is 4.14. The molecule has 1 aliphatic rings. The highest BCUT2D eigenvalue weighted by molar-refractivity contribution is 6.30. The Morgan fingerprint density at radius 1 is 1.00 bits per heavy atom. The summed E-state index contributed by atoms with van der Waals surface area (Å²) in [6.45, 7) is 3.33. The van der Waals surface area contributed by atoms with E-state index in [2.05, 4.69) is 5.32 Å². The Morgan fingerprint density at radius 2 is 1.75 bits per heavy atom. The third-order valence-electron chi connectivity index (χ3n) is 5.96. The molecule has 2 unspecified atom stereocenters. The van der Waals surface area contributed by atoms with Gasteiger partial charge in [-0.1, -0.05) is 54.1 Å². The normalized spacial score (nSPS) is 20.9. The summed E-state index contributed by atoms with van der Waals surface area (Å²) in [5, 5.41) is 4.00. The van der Waals surface area contributed by atoms with E-state index in [1.807, 2.05) is 54.6 Å². The molecule has 168 valence electrons. The van der Waals surface area contributed by atoms with Gasteiger partial charge in [-0.3, -0.25) is 0 Å². The molecule has 1 heterocycles. The molecule has 1 N–H and O–H groups in total. The highest BCUT2D eigenvalue weighted by Crippen LogP contribution is 2.38. The molecule has 3 nitrogen and oxygen atoms in total. The summed E-state index contributed by atoms with van der Waals surface area (Å²) in [4.78, 5) is 0. The van der Waals surface area contributed by atoms with Crippen molar-refractivity contribution in [3.05, 3.63) is 106 Å². The number of hydrogen-bond donors (Lipinski definition) is 1. The summed E-state index contributed by atoms with van der Waals surface area (Å²) >= 11 is 6.13. The van der Waals surface area contributed by atoms with E-state index < -0.39 is 17.2 Å². The van der Waals surface area contributed by atoms with Crippen LogP contribution in [-0.4, -0.2) is 19.2 Å². The molecule has 32 heavy (non-hydrogen) atoms. The minimum atomic E-state index is -0.739.